The van der Waals surface area contributed by atoms with Crippen molar-refractivity contribution in [3.63, 3.8) is 0 Å². The molecule has 21 heavy (non-hydrogen) atoms. The molecule has 3 aromatic rings. The normalized spacial score (nSPS) is 17.0. The summed E-state index contributed by atoms with van der Waals surface area (Å²) in [7, 11) is 0. The molecule has 1 aromatic heterocycles. The molecule has 1 amide bonds. The van der Waals surface area contributed by atoms with Crippen molar-refractivity contribution in [2.75, 3.05) is 5.32 Å². The van der Waals surface area contributed by atoms with Gasteiger partial charge in [-0.1, -0.05) is 37.3 Å². The van der Waals surface area contributed by atoms with Gasteiger partial charge in [0.15, 0.2) is 0 Å². The molecule has 0 spiro atoms. The number of aromatic nitrogens is 2. The van der Waals surface area contributed by atoms with E-state index < -0.39 is 0 Å². The fraction of sp³-hybridized carbons (Fsp3) is 0.176. The molecule has 4 rings (SSSR count). The van der Waals surface area contributed by atoms with E-state index in [1.807, 2.05) is 49.4 Å². The Labute approximate surface area is 122 Å². The van der Waals surface area contributed by atoms with Gasteiger partial charge in [-0.15, -0.1) is 0 Å². The Kier molecular flexibility index (Phi) is 2.57. The lowest BCUT2D eigenvalue weighted by Gasteiger charge is -2.03. The predicted octanol–water partition coefficient (Wildman–Crippen LogP) is 3.68. The van der Waals surface area contributed by atoms with Crippen LogP contribution in [0.5, 0.6) is 0 Å². The number of aromatic amines is 1. The minimum Gasteiger partial charge on any atom is -0.338 e. The molecule has 1 atom stereocenters. The maximum Gasteiger partial charge on any atom is 0.231 e. The van der Waals surface area contributed by atoms with E-state index in [0.29, 0.717) is 0 Å². The van der Waals surface area contributed by atoms with Gasteiger partial charge in [0.2, 0.25) is 5.91 Å². The first-order chi connectivity index (χ1) is 10.3. The molecule has 4 nitrogen and oxygen atoms in total. The minimum absolute atomic E-state index is 0.0544. The van der Waals surface area contributed by atoms with Crippen LogP contribution in [0.3, 0.4) is 0 Å². The van der Waals surface area contributed by atoms with Gasteiger partial charge in [-0.2, -0.15) is 0 Å². The second-order valence-corrected chi connectivity index (χ2v) is 5.36. The van der Waals surface area contributed by atoms with Crippen LogP contribution in [0.15, 0.2) is 42.5 Å². The first kappa shape index (κ1) is 12.1. The van der Waals surface area contributed by atoms with Crippen molar-refractivity contribution in [3.05, 3.63) is 48.0 Å². The Bertz CT molecular complexity index is 836. The summed E-state index contributed by atoms with van der Waals surface area (Å²) < 4.78 is 0. The third kappa shape index (κ3) is 1.83. The number of imidazole rings is 1. The molecule has 0 bridgehead atoms. The molecule has 2 aromatic carbocycles. The summed E-state index contributed by atoms with van der Waals surface area (Å²) in [6.45, 7) is 2.03. The lowest BCUT2D eigenvalue weighted by atomic mass is 9.98. The maximum absolute atomic E-state index is 11.9. The number of nitrogens with zero attached hydrogens (tertiary/aromatic N) is 1. The van der Waals surface area contributed by atoms with E-state index in [4.69, 9.17) is 0 Å². The molecular weight excluding hydrogens is 262 g/mol. The van der Waals surface area contributed by atoms with Crippen molar-refractivity contribution >= 4 is 22.6 Å². The van der Waals surface area contributed by atoms with Crippen LogP contribution in [0, 0.1) is 0 Å². The van der Waals surface area contributed by atoms with Crippen LogP contribution in [-0.4, -0.2) is 15.9 Å². The molecular formula is C17H15N3O. The standard InChI is InChI=1S/C17H15N3O/c1-2-11-12-8-14-15(9-13(12)20-17(11)21)19-16(18-14)10-6-4-3-5-7-10/h3-9,11H,2H2,1H3,(H,18,19)(H,20,21). The number of carbonyl (C=O) groups is 1. The summed E-state index contributed by atoms with van der Waals surface area (Å²) in [5, 5.41) is 2.95. The minimum atomic E-state index is -0.0544. The van der Waals surface area contributed by atoms with Crippen molar-refractivity contribution < 1.29 is 4.79 Å². The van der Waals surface area contributed by atoms with Crippen LogP contribution >= 0.6 is 0 Å². The van der Waals surface area contributed by atoms with Crippen LogP contribution in [0.4, 0.5) is 5.69 Å². The fourth-order valence-corrected chi connectivity index (χ4v) is 2.97. The average Bonchev–Trinajstić information content (AvgIpc) is 3.04. The van der Waals surface area contributed by atoms with E-state index in [2.05, 4.69) is 15.3 Å². The SMILES string of the molecule is CCC1C(=O)Nc2cc3[nH]c(-c4ccccc4)nc3cc21. The highest BCUT2D eigenvalue weighted by Crippen LogP contribution is 2.37. The topological polar surface area (TPSA) is 57.8 Å². The van der Waals surface area contributed by atoms with Gasteiger partial charge in [0.1, 0.15) is 5.82 Å². The zero-order valence-electron chi connectivity index (χ0n) is 11.7. The summed E-state index contributed by atoms with van der Waals surface area (Å²) in [5.41, 5.74) is 4.88. The van der Waals surface area contributed by atoms with E-state index in [9.17, 15) is 4.79 Å². The molecule has 1 unspecified atom stereocenters. The molecule has 0 saturated heterocycles. The Morgan fingerprint density at radius 1 is 1.19 bits per heavy atom. The van der Waals surface area contributed by atoms with Gasteiger partial charge < -0.3 is 10.3 Å². The van der Waals surface area contributed by atoms with Crippen molar-refractivity contribution in [2.24, 2.45) is 0 Å². The Morgan fingerprint density at radius 2 is 2.00 bits per heavy atom. The van der Waals surface area contributed by atoms with Crippen LogP contribution in [0.2, 0.25) is 0 Å². The molecule has 0 fully saturated rings. The number of amides is 1. The number of carbonyl (C=O) groups excluding carboxylic acids is 1. The Balaban J connectivity index is 1.86. The number of hydrogen-bond acceptors (Lipinski definition) is 2. The van der Waals surface area contributed by atoms with E-state index in [1.54, 1.807) is 0 Å². The number of benzene rings is 2. The summed E-state index contributed by atoms with van der Waals surface area (Å²) in [6.07, 6.45) is 0.806. The van der Waals surface area contributed by atoms with Crippen LogP contribution in [0.1, 0.15) is 24.8 Å². The van der Waals surface area contributed by atoms with Gasteiger partial charge in [0, 0.05) is 11.3 Å². The second kappa shape index (κ2) is 4.45. The maximum atomic E-state index is 11.9. The smallest absolute Gasteiger partial charge is 0.231 e. The third-order valence-corrected chi connectivity index (χ3v) is 4.06. The largest absolute Gasteiger partial charge is 0.338 e. The molecule has 4 heteroatoms. The number of anilines is 1. The number of H-pyrrole nitrogens is 1. The molecule has 1 aliphatic heterocycles. The van der Waals surface area contributed by atoms with Gasteiger partial charge in [-0.3, -0.25) is 4.79 Å². The van der Waals surface area contributed by atoms with Crippen molar-refractivity contribution in [1.29, 1.82) is 0 Å². The molecule has 2 N–H and O–H groups in total. The Hall–Kier alpha value is -2.62. The van der Waals surface area contributed by atoms with E-state index in [0.717, 1.165) is 40.1 Å². The fourth-order valence-electron chi connectivity index (χ4n) is 2.97. The molecule has 2 heterocycles. The van der Waals surface area contributed by atoms with Gasteiger partial charge in [-0.25, -0.2) is 4.98 Å². The van der Waals surface area contributed by atoms with Crippen LogP contribution in [-0.2, 0) is 4.79 Å². The van der Waals surface area contributed by atoms with E-state index in [-0.39, 0.29) is 11.8 Å². The molecule has 1 aliphatic rings. The summed E-state index contributed by atoms with van der Waals surface area (Å²) in [4.78, 5) is 19.9. The first-order valence-corrected chi connectivity index (χ1v) is 7.16. The quantitative estimate of drug-likeness (QED) is 0.750. The number of rotatable bonds is 2. The van der Waals surface area contributed by atoms with Crippen LogP contribution < -0.4 is 5.32 Å². The highest BCUT2D eigenvalue weighted by Gasteiger charge is 2.29. The van der Waals surface area contributed by atoms with Gasteiger partial charge in [-0.05, 0) is 24.1 Å². The van der Waals surface area contributed by atoms with E-state index in [1.165, 1.54) is 0 Å². The van der Waals surface area contributed by atoms with Crippen molar-refractivity contribution in [1.82, 2.24) is 9.97 Å². The molecule has 0 aliphatic carbocycles. The van der Waals surface area contributed by atoms with Crippen LogP contribution in [0.25, 0.3) is 22.4 Å². The zero-order valence-corrected chi connectivity index (χ0v) is 11.7. The highest BCUT2D eigenvalue weighted by atomic mass is 16.2. The average molecular weight is 277 g/mol. The first-order valence-electron chi connectivity index (χ1n) is 7.16. The second-order valence-electron chi connectivity index (χ2n) is 5.36. The van der Waals surface area contributed by atoms with Crippen molar-refractivity contribution in [2.45, 2.75) is 19.3 Å². The zero-order chi connectivity index (χ0) is 14.4. The number of hydrogen-bond donors (Lipinski definition) is 2. The number of nitrogens with one attached hydrogen (secondary N) is 2. The molecule has 104 valence electrons. The molecule has 0 radical (unpaired) electrons. The van der Waals surface area contributed by atoms with E-state index >= 15 is 0 Å². The van der Waals surface area contributed by atoms with Gasteiger partial charge in [0.25, 0.3) is 0 Å². The Morgan fingerprint density at radius 3 is 2.76 bits per heavy atom. The lowest BCUT2D eigenvalue weighted by molar-refractivity contribution is -0.117. The summed E-state index contributed by atoms with van der Waals surface area (Å²) >= 11 is 0. The van der Waals surface area contributed by atoms with Gasteiger partial charge >= 0.3 is 0 Å². The number of fused-ring (bicyclic) bond motifs is 2. The summed E-state index contributed by atoms with van der Waals surface area (Å²) in [5.74, 6) is 0.887. The highest BCUT2D eigenvalue weighted by molar-refractivity contribution is 6.05. The third-order valence-electron chi connectivity index (χ3n) is 4.06. The van der Waals surface area contributed by atoms with Crippen molar-refractivity contribution in [3.8, 4) is 11.4 Å². The predicted molar refractivity (Wildman–Crippen MR) is 83.2 cm³/mol. The summed E-state index contributed by atoms with van der Waals surface area (Å²) in [6, 6.07) is 14.1. The van der Waals surface area contributed by atoms with Gasteiger partial charge in [0.05, 0.1) is 17.0 Å². The monoisotopic (exact) mass is 277 g/mol. The molecule has 0 saturated carbocycles. The lowest BCUT2D eigenvalue weighted by Crippen LogP contribution is -2.10.